The first-order chi connectivity index (χ1) is 15.6. The zero-order valence-electron chi connectivity index (χ0n) is 17.9. The predicted molar refractivity (Wildman–Crippen MR) is 126 cm³/mol. The molecule has 7 nitrogen and oxygen atoms in total. The highest BCUT2D eigenvalue weighted by Gasteiger charge is 2.28. The molecule has 2 aromatic heterocycles. The minimum Gasteiger partial charge on any atom is -0.485 e. The molecule has 1 aliphatic heterocycles. The number of anilines is 1. The molecule has 0 saturated heterocycles. The van der Waals surface area contributed by atoms with E-state index in [1.165, 1.54) is 11.3 Å². The van der Waals surface area contributed by atoms with Crippen LogP contribution in [0.5, 0.6) is 5.75 Å². The highest BCUT2D eigenvalue weighted by atomic mass is 32.1. The number of benzene rings is 2. The van der Waals surface area contributed by atoms with E-state index in [1.54, 1.807) is 24.3 Å². The summed E-state index contributed by atoms with van der Waals surface area (Å²) in [6.45, 7) is 4.16. The van der Waals surface area contributed by atoms with Crippen LogP contribution in [-0.4, -0.2) is 58.5 Å². The lowest BCUT2D eigenvalue weighted by molar-refractivity contribution is 0.0704. The summed E-state index contributed by atoms with van der Waals surface area (Å²) < 4.78 is 7.24. The second-order valence-corrected chi connectivity index (χ2v) is 8.70. The molecule has 4 aromatic rings. The zero-order chi connectivity index (χ0) is 22.1. The number of nitrogens with zero attached hydrogens (tertiary/aromatic N) is 5. The van der Waals surface area contributed by atoms with Gasteiger partial charge in [-0.25, -0.2) is 15.0 Å². The molecule has 3 heterocycles. The smallest absolute Gasteiger partial charge is 0.274 e. The van der Waals surface area contributed by atoms with Gasteiger partial charge < -0.3 is 14.5 Å². The number of carbonyl (C=O) groups excluding carboxylic acids is 1. The highest BCUT2D eigenvalue weighted by Crippen LogP contribution is 2.33. The van der Waals surface area contributed by atoms with Crippen molar-refractivity contribution in [3.63, 3.8) is 0 Å². The molecule has 0 radical (unpaired) electrons. The van der Waals surface area contributed by atoms with Crippen LogP contribution in [0, 0.1) is 0 Å². The van der Waals surface area contributed by atoms with Crippen molar-refractivity contribution in [2.45, 2.75) is 13.0 Å². The van der Waals surface area contributed by atoms with Crippen molar-refractivity contribution >= 4 is 33.1 Å². The fourth-order valence-corrected chi connectivity index (χ4v) is 4.93. The van der Waals surface area contributed by atoms with Gasteiger partial charge in [-0.3, -0.25) is 4.79 Å². The standard InChI is InChI=1S/C24H23N5O2S/c1-3-29-15-16(31-19-10-6-5-9-18(19)29)14-28(2)24(30)22-21(25-12-13-26-22)23-27-17-8-4-7-11-20(17)32-23/h4-13,16H,3,14-15H2,1-2H3. The zero-order valence-corrected chi connectivity index (χ0v) is 18.7. The lowest BCUT2D eigenvalue weighted by Crippen LogP contribution is -2.47. The fourth-order valence-electron chi connectivity index (χ4n) is 3.97. The number of carbonyl (C=O) groups is 1. The second-order valence-electron chi connectivity index (χ2n) is 7.67. The highest BCUT2D eigenvalue weighted by molar-refractivity contribution is 7.21. The van der Waals surface area contributed by atoms with Crippen molar-refractivity contribution in [3.8, 4) is 16.5 Å². The molecule has 1 atom stereocenters. The lowest BCUT2D eigenvalue weighted by Gasteiger charge is -2.37. The average molecular weight is 446 g/mol. The van der Waals surface area contributed by atoms with Crippen molar-refractivity contribution in [1.29, 1.82) is 0 Å². The SMILES string of the molecule is CCN1CC(CN(C)C(=O)c2nccnc2-c2nc3ccccc3s2)Oc2ccccc21. The van der Waals surface area contributed by atoms with E-state index >= 15 is 0 Å². The quantitative estimate of drug-likeness (QED) is 0.460. The molecule has 1 aliphatic rings. The van der Waals surface area contributed by atoms with Crippen LogP contribution in [0.1, 0.15) is 17.4 Å². The van der Waals surface area contributed by atoms with Crippen LogP contribution in [0.4, 0.5) is 5.69 Å². The molecule has 2 aromatic carbocycles. The molecule has 0 saturated carbocycles. The van der Waals surface area contributed by atoms with Gasteiger partial charge in [0, 0.05) is 26.0 Å². The van der Waals surface area contributed by atoms with E-state index in [0.717, 1.165) is 34.7 Å². The van der Waals surface area contributed by atoms with E-state index < -0.39 is 0 Å². The molecule has 162 valence electrons. The molecule has 0 aliphatic carbocycles. The Morgan fingerprint density at radius 1 is 1.16 bits per heavy atom. The number of ether oxygens (including phenoxy) is 1. The van der Waals surface area contributed by atoms with Gasteiger partial charge in [-0.2, -0.15) is 0 Å². The Hall–Kier alpha value is -3.52. The second kappa shape index (κ2) is 8.55. The van der Waals surface area contributed by atoms with Gasteiger partial charge in [0.15, 0.2) is 5.69 Å². The van der Waals surface area contributed by atoms with E-state index in [1.807, 2.05) is 42.5 Å². The van der Waals surface area contributed by atoms with Crippen molar-refractivity contribution < 1.29 is 9.53 Å². The predicted octanol–water partition coefficient (Wildman–Crippen LogP) is 4.11. The summed E-state index contributed by atoms with van der Waals surface area (Å²) >= 11 is 1.51. The fraction of sp³-hybridized carbons (Fsp3) is 0.250. The molecular formula is C24H23N5O2S. The number of amides is 1. The van der Waals surface area contributed by atoms with Gasteiger partial charge in [0.1, 0.15) is 22.6 Å². The third kappa shape index (κ3) is 3.78. The Balaban J connectivity index is 1.38. The van der Waals surface area contributed by atoms with Crippen LogP contribution in [0.25, 0.3) is 20.9 Å². The van der Waals surface area contributed by atoms with Gasteiger partial charge >= 0.3 is 0 Å². The summed E-state index contributed by atoms with van der Waals surface area (Å²) in [4.78, 5) is 30.8. The van der Waals surface area contributed by atoms with E-state index in [0.29, 0.717) is 22.9 Å². The van der Waals surface area contributed by atoms with Gasteiger partial charge in [-0.1, -0.05) is 24.3 Å². The summed E-state index contributed by atoms with van der Waals surface area (Å²) in [5.41, 5.74) is 2.79. The summed E-state index contributed by atoms with van der Waals surface area (Å²) in [5, 5.41) is 0.691. The van der Waals surface area contributed by atoms with Gasteiger partial charge in [0.25, 0.3) is 5.91 Å². The molecular weight excluding hydrogens is 422 g/mol. The Labute approximate surface area is 190 Å². The first kappa shape index (κ1) is 20.4. The molecule has 32 heavy (non-hydrogen) atoms. The van der Waals surface area contributed by atoms with Crippen LogP contribution < -0.4 is 9.64 Å². The first-order valence-electron chi connectivity index (χ1n) is 10.6. The third-order valence-corrected chi connectivity index (χ3v) is 6.57. The van der Waals surface area contributed by atoms with Crippen molar-refractivity contribution in [2.75, 3.05) is 31.6 Å². The number of aromatic nitrogens is 3. The largest absolute Gasteiger partial charge is 0.485 e. The minimum absolute atomic E-state index is 0.138. The van der Waals surface area contributed by atoms with Crippen LogP contribution in [0.15, 0.2) is 60.9 Å². The molecule has 0 fully saturated rings. The van der Waals surface area contributed by atoms with E-state index in [2.05, 4.69) is 32.8 Å². The number of fused-ring (bicyclic) bond motifs is 2. The normalized spacial score (nSPS) is 15.3. The first-order valence-corrected chi connectivity index (χ1v) is 11.4. The van der Waals surface area contributed by atoms with Gasteiger partial charge in [0.2, 0.25) is 0 Å². The summed E-state index contributed by atoms with van der Waals surface area (Å²) in [5.74, 6) is 0.652. The summed E-state index contributed by atoms with van der Waals surface area (Å²) in [6, 6.07) is 15.9. The van der Waals surface area contributed by atoms with Crippen molar-refractivity contribution in [1.82, 2.24) is 19.9 Å². The number of para-hydroxylation sites is 3. The molecule has 1 unspecified atom stereocenters. The lowest BCUT2D eigenvalue weighted by atomic mass is 10.1. The van der Waals surface area contributed by atoms with Crippen LogP contribution in [0.2, 0.25) is 0 Å². The molecule has 0 bridgehead atoms. The number of hydrogen-bond acceptors (Lipinski definition) is 7. The summed E-state index contributed by atoms with van der Waals surface area (Å²) in [6.07, 6.45) is 3.00. The third-order valence-electron chi connectivity index (χ3n) is 5.53. The van der Waals surface area contributed by atoms with Crippen molar-refractivity contribution in [2.24, 2.45) is 0 Å². The maximum atomic E-state index is 13.4. The molecule has 0 spiro atoms. The van der Waals surface area contributed by atoms with Crippen molar-refractivity contribution in [3.05, 3.63) is 66.6 Å². The van der Waals surface area contributed by atoms with Gasteiger partial charge in [-0.05, 0) is 31.2 Å². The average Bonchev–Trinajstić information content (AvgIpc) is 3.27. The van der Waals surface area contributed by atoms with Gasteiger partial charge in [0.05, 0.1) is 29.0 Å². The van der Waals surface area contributed by atoms with Gasteiger partial charge in [-0.15, -0.1) is 11.3 Å². The van der Waals surface area contributed by atoms with E-state index in [4.69, 9.17) is 4.74 Å². The summed E-state index contributed by atoms with van der Waals surface area (Å²) in [7, 11) is 1.78. The Kier molecular flexibility index (Phi) is 5.45. The Morgan fingerprint density at radius 2 is 1.94 bits per heavy atom. The number of hydrogen-bond donors (Lipinski definition) is 0. The van der Waals surface area contributed by atoms with Crippen LogP contribution >= 0.6 is 11.3 Å². The Morgan fingerprint density at radius 3 is 2.78 bits per heavy atom. The molecule has 8 heteroatoms. The maximum Gasteiger partial charge on any atom is 0.274 e. The number of rotatable bonds is 5. The molecule has 0 N–H and O–H groups in total. The van der Waals surface area contributed by atoms with E-state index in [9.17, 15) is 4.79 Å². The number of likely N-dealkylation sites (N-methyl/N-ethyl adjacent to an activating group) is 2. The molecule has 5 rings (SSSR count). The minimum atomic E-state index is -0.196. The number of thiazole rings is 1. The van der Waals surface area contributed by atoms with Crippen LogP contribution in [-0.2, 0) is 0 Å². The molecule has 1 amide bonds. The Bertz CT molecular complexity index is 1240. The monoisotopic (exact) mass is 445 g/mol. The van der Waals surface area contributed by atoms with Crippen LogP contribution in [0.3, 0.4) is 0 Å². The van der Waals surface area contributed by atoms with E-state index in [-0.39, 0.29) is 12.0 Å². The topological polar surface area (TPSA) is 71.5 Å². The maximum absolute atomic E-state index is 13.4.